The molecule has 0 fully saturated rings. The van der Waals surface area contributed by atoms with Crippen LogP contribution in [0, 0.1) is 0 Å². The average Bonchev–Trinajstić information content (AvgIpc) is 2.05. The number of hydrogen-bond acceptors (Lipinski definition) is 2. The van der Waals surface area contributed by atoms with Crippen molar-refractivity contribution in [3.05, 3.63) is 29.8 Å². The predicted molar refractivity (Wildman–Crippen MR) is 44.1 cm³/mol. The molecular weight excluding hydrogens is 165 g/mol. The third kappa shape index (κ3) is 2.85. The summed E-state index contributed by atoms with van der Waals surface area (Å²) >= 11 is 0. The van der Waals surface area contributed by atoms with Crippen LogP contribution in [0.2, 0.25) is 0 Å². The van der Waals surface area contributed by atoms with Gasteiger partial charge in [0, 0.05) is 12.7 Å². The first kappa shape index (κ1) is 11.5. The maximum atomic E-state index is 10.4. The molecule has 60 valence electrons. The van der Waals surface area contributed by atoms with E-state index in [0.717, 1.165) is 5.69 Å². The largest absolute Gasteiger partial charge is 1.00 e. The molecular formula is C8H10NNaO2. The Morgan fingerprint density at radius 3 is 2.25 bits per heavy atom. The van der Waals surface area contributed by atoms with E-state index in [2.05, 4.69) is 5.32 Å². The molecule has 1 aromatic carbocycles. The summed E-state index contributed by atoms with van der Waals surface area (Å²) in [6.45, 7) is 0. The van der Waals surface area contributed by atoms with Crippen molar-refractivity contribution in [3.8, 4) is 0 Å². The Bertz CT molecular complexity index is 263. The standard InChI is InChI=1S/C8H9NO2.Na.H/c1-9-7-4-2-6(3-5-7)8(10)11;;/h2-5,9H,1H3,(H,10,11);;/q;+1;-1. The van der Waals surface area contributed by atoms with Crippen molar-refractivity contribution in [2.45, 2.75) is 0 Å². The topological polar surface area (TPSA) is 49.3 Å². The molecule has 0 amide bonds. The van der Waals surface area contributed by atoms with Gasteiger partial charge in [0.1, 0.15) is 0 Å². The minimum Gasteiger partial charge on any atom is -1.00 e. The van der Waals surface area contributed by atoms with E-state index < -0.39 is 5.97 Å². The smallest absolute Gasteiger partial charge is 1.00 e. The molecule has 0 heterocycles. The van der Waals surface area contributed by atoms with Crippen LogP contribution in [0.4, 0.5) is 5.69 Å². The van der Waals surface area contributed by atoms with E-state index in [9.17, 15) is 4.79 Å². The van der Waals surface area contributed by atoms with Gasteiger partial charge in [-0.2, -0.15) is 0 Å². The van der Waals surface area contributed by atoms with E-state index >= 15 is 0 Å². The molecule has 0 spiro atoms. The summed E-state index contributed by atoms with van der Waals surface area (Å²) in [4.78, 5) is 10.4. The molecule has 0 saturated heterocycles. The Morgan fingerprint density at radius 2 is 1.92 bits per heavy atom. The van der Waals surface area contributed by atoms with Gasteiger partial charge in [-0.3, -0.25) is 0 Å². The predicted octanol–water partition coefficient (Wildman–Crippen LogP) is -1.46. The Hall–Kier alpha value is -0.510. The quantitative estimate of drug-likeness (QED) is 0.540. The van der Waals surface area contributed by atoms with Crippen LogP contribution in [-0.2, 0) is 0 Å². The first-order valence-corrected chi connectivity index (χ1v) is 3.25. The normalized spacial score (nSPS) is 8.42. The van der Waals surface area contributed by atoms with E-state index in [1.54, 1.807) is 31.3 Å². The SMILES string of the molecule is CNc1ccc(C(=O)O)cc1.[H-].[Na+]. The second kappa shape index (κ2) is 5.19. The van der Waals surface area contributed by atoms with Gasteiger partial charge < -0.3 is 11.8 Å². The second-order valence-corrected chi connectivity index (χ2v) is 2.13. The van der Waals surface area contributed by atoms with Crippen molar-refractivity contribution in [3.63, 3.8) is 0 Å². The molecule has 0 radical (unpaired) electrons. The number of rotatable bonds is 2. The average molecular weight is 175 g/mol. The summed E-state index contributed by atoms with van der Waals surface area (Å²) in [5, 5.41) is 11.4. The summed E-state index contributed by atoms with van der Waals surface area (Å²) < 4.78 is 0. The van der Waals surface area contributed by atoms with Gasteiger partial charge in [0.2, 0.25) is 0 Å². The monoisotopic (exact) mass is 175 g/mol. The summed E-state index contributed by atoms with van der Waals surface area (Å²) in [6, 6.07) is 6.58. The van der Waals surface area contributed by atoms with Gasteiger partial charge in [0.15, 0.2) is 0 Å². The first-order valence-electron chi connectivity index (χ1n) is 3.25. The zero-order valence-corrected chi connectivity index (χ0v) is 9.16. The molecule has 1 aromatic rings. The Labute approximate surface area is 94.6 Å². The van der Waals surface area contributed by atoms with Crippen molar-refractivity contribution in [1.82, 2.24) is 0 Å². The van der Waals surface area contributed by atoms with Crippen molar-refractivity contribution >= 4 is 11.7 Å². The number of benzene rings is 1. The molecule has 0 saturated carbocycles. The fourth-order valence-corrected chi connectivity index (χ4v) is 0.779. The van der Waals surface area contributed by atoms with E-state index in [4.69, 9.17) is 5.11 Å². The maximum absolute atomic E-state index is 10.4. The Balaban J connectivity index is 0. The fourth-order valence-electron chi connectivity index (χ4n) is 0.779. The zero-order valence-electron chi connectivity index (χ0n) is 8.16. The molecule has 2 N–H and O–H groups in total. The van der Waals surface area contributed by atoms with Crippen LogP contribution in [0.25, 0.3) is 0 Å². The maximum Gasteiger partial charge on any atom is 1.00 e. The summed E-state index contributed by atoms with van der Waals surface area (Å²) in [5.41, 5.74) is 1.22. The van der Waals surface area contributed by atoms with Crippen LogP contribution in [0.3, 0.4) is 0 Å². The first-order chi connectivity index (χ1) is 5.24. The van der Waals surface area contributed by atoms with Crippen molar-refractivity contribution in [2.24, 2.45) is 0 Å². The van der Waals surface area contributed by atoms with Crippen LogP contribution < -0.4 is 34.9 Å². The van der Waals surface area contributed by atoms with Gasteiger partial charge in [-0.15, -0.1) is 0 Å². The van der Waals surface area contributed by atoms with Gasteiger partial charge in [0.05, 0.1) is 5.56 Å². The number of anilines is 1. The molecule has 0 aromatic heterocycles. The van der Waals surface area contributed by atoms with Crippen LogP contribution in [0.1, 0.15) is 11.8 Å². The van der Waals surface area contributed by atoms with Crippen LogP contribution in [-0.4, -0.2) is 18.1 Å². The summed E-state index contributed by atoms with van der Waals surface area (Å²) in [6.07, 6.45) is 0. The molecule has 0 atom stereocenters. The molecule has 12 heavy (non-hydrogen) atoms. The van der Waals surface area contributed by atoms with Gasteiger partial charge in [-0.1, -0.05) is 0 Å². The fraction of sp³-hybridized carbons (Fsp3) is 0.125. The number of carboxylic acid groups (broad SMARTS) is 1. The molecule has 4 heteroatoms. The van der Waals surface area contributed by atoms with E-state index in [0.29, 0.717) is 5.56 Å². The van der Waals surface area contributed by atoms with Crippen LogP contribution >= 0.6 is 0 Å². The van der Waals surface area contributed by atoms with Gasteiger partial charge in [-0.05, 0) is 24.3 Å². The Morgan fingerprint density at radius 1 is 1.42 bits per heavy atom. The number of aromatic carboxylic acids is 1. The second-order valence-electron chi connectivity index (χ2n) is 2.13. The molecule has 1 rings (SSSR count). The zero-order chi connectivity index (χ0) is 8.27. The van der Waals surface area contributed by atoms with Gasteiger partial charge in [0.25, 0.3) is 0 Å². The van der Waals surface area contributed by atoms with Crippen LogP contribution in [0.5, 0.6) is 0 Å². The Kier molecular flexibility index (Phi) is 4.97. The summed E-state index contributed by atoms with van der Waals surface area (Å²) in [5.74, 6) is -0.896. The summed E-state index contributed by atoms with van der Waals surface area (Å²) in [7, 11) is 1.79. The van der Waals surface area contributed by atoms with E-state index in [1.807, 2.05) is 0 Å². The van der Waals surface area contributed by atoms with Crippen LogP contribution in [0.15, 0.2) is 24.3 Å². The minimum absolute atomic E-state index is 0. The molecule has 0 aliphatic carbocycles. The van der Waals surface area contributed by atoms with Gasteiger partial charge >= 0.3 is 35.5 Å². The van der Waals surface area contributed by atoms with Crippen molar-refractivity contribution in [2.75, 3.05) is 12.4 Å². The molecule has 0 bridgehead atoms. The minimum atomic E-state index is -0.896. The van der Waals surface area contributed by atoms with E-state index in [1.165, 1.54) is 0 Å². The van der Waals surface area contributed by atoms with Crippen molar-refractivity contribution < 1.29 is 40.9 Å². The number of hydrogen-bond donors (Lipinski definition) is 2. The van der Waals surface area contributed by atoms with Crippen molar-refractivity contribution in [1.29, 1.82) is 0 Å². The number of carbonyl (C=O) groups is 1. The molecule has 0 unspecified atom stereocenters. The third-order valence-corrected chi connectivity index (χ3v) is 1.42. The number of nitrogens with one attached hydrogen (secondary N) is 1. The van der Waals surface area contributed by atoms with Gasteiger partial charge in [-0.25, -0.2) is 4.79 Å². The number of carboxylic acids is 1. The molecule has 3 nitrogen and oxygen atoms in total. The molecule has 0 aliphatic heterocycles. The van der Waals surface area contributed by atoms with E-state index in [-0.39, 0.29) is 31.0 Å². The third-order valence-electron chi connectivity index (χ3n) is 1.42. The molecule has 0 aliphatic rings.